The summed E-state index contributed by atoms with van der Waals surface area (Å²) in [5.41, 5.74) is 1.41. The summed E-state index contributed by atoms with van der Waals surface area (Å²) >= 11 is 19.0. The first-order valence-electron chi connectivity index (χ1n) is 12.2. The molecule has 2 aromatic rings. The number of aryl methyl sites for hydroxylation is 1. The van der Waals surface area contributed by atoms with Crippen LogP contribution in [-0.2, 0) is 26.2 Å². The summed E-state index contributed by atoms with van der Waals surface area (Å²) in [4.78, 5) is 28.6. The Bertz CT molecular complexity index is 1230. The van der Waals surface area contributed by atoms with E-state index in [0.717, 1.165) is 36.2 Å². The van der Waals surface area contributed by atoms with Crippen molar-refractivity contribution in [3.8, 4) is 0 Å². The molecule has 7 nitrogen and oxygen atoms in total. The zero-order valence-electron chi connectivity index (χ0n) is 21.1. The Balaban J connectivity index is 2.00. The minimum absolute atomic E-state index is 0.0555. The Hall–Kier alpha value is -2.00. The first kappa shape index (κ1) is 29.6. The van der Waals surface area contributed by atoms with Crippen LogP contribution in [0.25, 0.3) is 0 Å². The lowest BCUT2D eigenvalue weighted by Crippen LogP contribution is -2.53. The van der Waals surface area contributed by atoms with Crippen LogP contribution in [-0.4, -0.2) is 50.0 Å². The Morgan fingerprint density at radius 1 is 1.08 bits per heavy atom. The molecule has 3 rings (SSSR count). The molecule has 1 aliphatic rings. The van der Waals surface area contributed by atoms with Gasteiger partial charge in [-0.2, -0.15) is 0 Å². The lowest BCUT2D eigenvalue weighted by atomic mass is 10.1. The highest BCUT2D eigenvalue weighted by atomic mass is 35.5. The minimum atomic E-state index is -3.87. The van der Waals surface area contributed by atoms with Crippen LogP contribution in [0.15, 0.2) is 36.4 Å². The number of halogens is 3. The van der Waals surface area contributed by atoms with Crippen LogP contribution in [0.1, 0.15) is 50.2 Å². The number of nitrogens with zero attached hydrogens (tertiary/aromatic N) is 2. The second kappa shape index (κ2) is 12.7. The van der Waals surface area contributed by atoms with E-state index >= 15 is 0 Å². The van der Waals surface area contributed by atoms with Crippen LogP contribution >= 0.6 is 34.8 Å². The summed E-state index contributed by atoms with van der Waals surface area (Å²) in [6.07, 6.45) is 5.22. The van der Waals surface area contributed by atoms with E-state index in [0.29, 0.717) is 38.3 Å². The second-order valence-electron chi connectivity index (χ2n) is 9.34. The standard InChI is InChI=1S/C26H32Cl3N3O4S/c1-4-23(26(34)30-19-8-5-6-9-19)31(15-20-21(28)10-7-11-22(20)29)25(33)16-32(37(3,35)36)24-14-18(27)13-12-17(24)2/h7,10-14,19,23H,4-6,8-9,15-16H2,1-3H3,(H,30,34)/t23-/m0/s1. The molecule has 202 valence electrons. The van der Waals surface area contributed by atoms with E-state index in [4.69, 9.17) is 34.8 Å². The number of anilines is 1. The van der Waals surface area contributed by atoms with Gasteiger partial charge < -0.3 is 10.2 Å². The van der Waals surface area contributed by atoms with E-state index in [1.165, 1.54) is 11.0 Å². The van der Waals surface area contributed by atoms with Gasteiger partial charge in [0, 0.05) is 33.2 Å². The molecule has 1 saturated carbocycles. The molecule has 0 unspecified atom stereocenters. The van der Waals surface area contributed by atoms with Crippen molar-refractivity contribution in [2.45, 2.75) is 64.6 Å². The Labute approximate surface area is 234 Å². The number of sulfonamides is 1. The van der Waals surface area contributed by atoms with E-state index < -0.39 is 28.5 Å². The summed E-state index contributed by atoms with van der Waals surface area (Å²) in [6.45, 7) is 2.97. The van der Waals surface area contributed by atoms with Crippen LogP contribution < -0.4 is 9.62 Å². The number of benzene rings is 2. The monoisotopic (exact) mass is 587 g/mol. The molecule has 2 aromatic carbocycles. The number of amides is 2. The molecule has 1 N–H and O–H groups in total. The van der Waals surface area contributed by atoms with Crippen molar-refractivity contribution in [1.29, 1.82) is 0 Å². The maximum Gasteiger partial charge on any atom is 0.244 e. The second-order valence-corrected chi connectivity index (χ2v) is 12.5. The van der Waals surface area contributed by atoms with Crippen LogP contribution in [0.5, 0.6) is 0 Å². The van der Waals surface area contributed by atoms with Gasteiger partial charge in [0.05, 0.1) is 11.9 Å². The SMILES string of the molecule is CC[C@@H](C(=O)NC1CCCC1)N(Cc1c(Cl)cccc1Cl)C(=O)CN(c1cc(Cl)ccc1C)S(C)(=O)=O. The number of nitrogens with one attached hydrogen (secondary N) is 1. The van der Waals surface area contributed by atoms with Gasteiger partial charge >= 0.3 is 0 Å². The van der Waals surface area contributed by atoms with Gasteiger partial charge in [0.2, 0.25) is 21.8 Å². The zero-order chi connectivity index (χ0) is 27.3. The largest absolute Gasteiger partial charge is 0.352 e. The average molecular weight is 589 g/mol. The normalized spacial score (nSPS) is 14.9. The molecular weight excluding hydrogens is 557 g/mol. The first-order valence-corrected chi connectivity index (χ1v) is 15.2. The molecule has 1 aliphatic carbocycles. The fraction of sp³-hybridized carbons (Fsp3) is 0.462. The number of hydrogen-bond donors (Lipinski definition) is 1. The highest BCUT2D eigenvalue weighted by Gasteiger charge is 2.34. The summed E-state index contributed by atoms with van der Waals surface area (Å²) in [5.74, 6) is -0.843. The van der Waals surface area contributed by atoms with Crippen LogP contribution in [0.2, 0.25) is 15.1 Å². The predicted molar refractivity (Wildman–Crippen MR) is 150 cm³/mol. The maximum atomic E-state index is 13.9. The van der Waals surface area contributed by atoms with Gasteiger partial charge in [-0.25, -0.2) is 8.42 Å². The quantitative estimate of drug-likeness (QED) is 0.392. The molecule has 0 spiro atoms. The van der Waals surface area contributed by atoms with Crippen molar-refractivity contribution in [3.05, 3.63) is 62.6 Å². The van der Waals surface area contributed by atoms with Crippen molar-refractivity contribution >= 4 is 62.3 Å². The highest BCUT2D eigenvalue weighted by Crippen LogP contribution is 2.29. The van der Waals surface area contributed by atoms with Crippen LogP contribution in [0.4, 0.5) is 5.69 Å². The Morgan fingerprint density at radius 2 is 1.70 bits per heavy atom. The van der Waals surface area contributed by atoms with Crippen LogP contribution in [0, 0.1) is 6.92 Å². The smallest absolute Gasteiger partial charge is 0.244 e. The Kier molecular flexibility index (Phi) is 10.1. The predicted octanol–water partition coefficient (Wildman–Crippen LogP) is 5.59. The van der Waals surface area contributed by atoms with Gasteiger partial charge in [0.1, 0.15) is 12.6 Å². The van der Waals surface area contributed by atoms with Crippen LogP contribution in [0.3, 0.4) is 0 Å². The molecule has 2 amide bonds. The molecule has 0 aliphatic heterocycles. The number of rotatable bonds is 10. The van der Waals surface area contributed by atoms with Gasteiger partial charge in [-0.3, -0.25) is 13.9 Å². The van der Waals surface area contributed by atoms with E-state index in [2.05, 4.69) is 5.32 Å². The minimum Gasteiger partial charge on any atom is -0.352 e. The molecule has 37 heavy (non-hydrogen) atoms. The summed E-state index contributed by atoms with van der Waals surface area (Å²) in [6, 6.07) is 9.06. The number of hydrogen-bond acceptors (Lipinski definition) is 4. The topological polar surface area (TPSA) is 86.8 Å². The third-order valence-electron chi connectivity index (χ3n) is 6.60. The average Bonchev–Trinajstić information content (AvgIpc) is 3.33. The number of carbonyl (C=O) groups is 2. The molecular formula is C26H32Cl3N3O4S. The fourth-order valence-electron chi connectivity index (χ4n) is 4.59. The first-order chi connectivity index (χ1) is 17.4. The zero-order valence-corrected chi connectivity index (χ0v) is 24.2. The lowest BCUT2D eigenvalue weighted by molar-refractivity contribution is -0.140. The van der Waals surface area contributed by atoms with Crippen molar-refractivity contribution in [2.24, 2.45) is 0 Å². The Morgan fingerprint density at radius 3 is 2.27 bits per heavy atom. The summed E-state index contributed by atoms with van der Waals surface area (Å²) in [7, 11) is -3.87. The van der Waals surface area contributed by atoms with Gasteiger partial charge in [-0.15, -0.1) is 0 Å². The number of carbonyl (C=O) groups excluding carboxylic acids is 2. The summed E-state index contributed by atoms with van der Waals surface area (Å²) < 4.78 is 26.6. The van der Waals surface area contributed by atoms with E-state index in [-0.39, 0.29) is 18.5 Å². The van der Waals surface area contributed by atoms with Crippen molar-refractivity contribution < 1.29 is 18.0 Å². The molecule has 0 bridgehead atoms. The summed E-state index contributed by atoms with van der Waals surface area (Å²) in [5, 5.41) is 4.10. The van der Waals surface area contributed by atoms with Gasteiger partial charge in [0.25, 0.3) is 0 Å². The van der Waals surface area contributed by atoms with Gasteiger partial charge in [-0.05, 0) is 56.0 Å². The molecule has 1 fully saturated rings. The van der Waals surface area contributed by atoms with Crippen molar-refractivity contribution in [2.75, 3.05) is 17.1 Å². The maximum absolute atomic E-state index is 13.9. The van der Waals surface area contributed by atoms with Crippen molar-refractivity contribution in [3.63, 3.8) is 0 Å². The molecule has 0 saturated heterocycles. The van der Waals surface area contributed by atoms with E-state index in [1.807, 2.05) is 6.92 Å². The van der Waals surface area contributed by atoms with Gasteiger partial charge in [0.15, 0.2) is 0 Å². The molecule has 0 heterocycles. The molecule has 1 atom stereocenters. The van der Waals surface area contributed by atoms with E-state index in [1.54, 1.807) is 37.3 Å². The third-order valence-corrected chi connectivity index (χ3v) is 8.67. The lowest BCUT2D eigenvalue weighted by Gasteiger charge is -2.34. The molecule has 0 aromatic heterocycles. The molecule has 0 radical (unpaired) electrons. The third kappa shape index (κ3) is 7.53. The van der Waals surface area contributed by atoms with Gasteiger partial charge in [-0.1, -0.05) is 66.7 Å². The van der Waals surface area contributed by atoms with E-state index in [9.17, 15) is 18.0 Å². The fourth-order valence-corrected chi connectivity index (χ4v) is 6.17. The van der Waals surface area contributed by atoms with Crippen molar-refractivity contribution in [1.82, 2.24) is 10.2 Å². The highest BCUT2D eigenvalue weighted by molar-refractivity contribution is 7.92. The molecule has 11 heteroatoms.